The highest BCUT2D eigenvalue weighted by atomic mass is 32.1. The van der Waals surface area contributed by atoms with Gasteiger partial charge in [0, 0.05) is 23.7 Å². The third-order valence-corrected chi connectivity index (χ3v) is 4.21. The van der Waals surface area contributed by atoms with E-state index in [0.29, 0.717) is 6.04 Å². The van der Waals surface area contributed by atoms with Crippen molar-refractivity contribution in [2.24, 2.45) is 0 Å². The fourth-order valence-electron chi connectivity index (χ4n) is 2.46. The molecule has 1 heterocycles. The number of hydrogen-bond acceptors (Lipinski definition) is 3. The monoisotopic (exact) mass is 244 g/mol. The van der Waals surface area contributed by atoms with Crippen molar-refractivity contribution in [2.75, 3.05) is 0 Å². The Bertz CT molecular complexity index is 518. The van der Waals surface area contributed by atoms with Gasteiger partial charge in [0.2, 0.25) is 0 Å². The van der Waals surface area contributed by atoms with Crippen LogP contribution in [0.15, 0.2) is 30.5 Å². The molecule has 1 aromatic carbocycles. The number of thiazole rings is 1. The van der Waals surface area contributed by atoms with Crippen LogP contribution in [0.1, 0.15) is 33.5 Å². The molecule has 1 aliphatic rings. The van der Waals surface area contributed by atoms with Crippen LogP contribution in [0, 0.1) is 6.92 Å². The maximum Gasteiger partial charge on any atom is 0.107 e. The van der Waals surface area contributed by atoms with Crippen LogP contribution >= 0.6 is 11.3 Å². The molecule has 1 N–H and O–H groups in total. The molecule has 0 amide bonds. The van der Waals surface area contributed by atoms with Crippen LogP contribution in [0.3, 0.4) is 0 Å². The summed E-state index contributed by atoms with van der Waals surface area (Å²) in [5.74, 6) is 0. The Morgan fingerprint density at radius 1 is 1.41 bits per heavy atom. The zero-order valence-electron chi connectivity index (χ0n) is 9.94. The maximum atomic E-state index is 4.39. The Balaban J connectivity index is 1.68. The maximum absolute atomic E-state index is 4.39. The van der Waals surface area contributed by atoms with E-state index < -0.39 is 0 Å². The molecule has 0 saturated heterocycles. The molecule has 0 saturated carbocycles. The van der Waals surface area contributed by atoms with Gasteiger partial charge >= 0.3 is 0 Å². The van der Waals surface area contributed by atoms with Gasteiger partial charge in [0.1, 0.15) is 5.01 Å². The first-order chi connectivity index (χ1) is 8.33. The topological polar surface area (TPSA) is 24.9 Å². The molecule has 17 heavy (non-hydrogen) atoms. The lowest BCUT2D eigenvalue weighted by Crippen LogP contribution is -2.18. The van der Waals surface area contributed by atoms with Gasteiger partial charge in [0.05, 0.1) is 0 Å². The summed E-state index contributed by atoms with van der Waals surface area (Å²) in [7, 11) is 0. The molecule has 1 atom stereocenters. The summed E-state index contributed by atoms with van der Waals surface area (Å²) in [5, 5.41) is 4.80. The van der Waals surface area contributed by atoms with Crippen LogP contribution in [0.5, 0.6) is 0 Å². The lowest BCUT2D eigenvalue weighted by Gasteiger charge is -2.12. The lowest BCUT2D eigenvalue weighted by atomic mass is 10.1. The Morgan fingerprint density at radius 3 is 3.12 bits per heavy atom. The first-order valence-electron chi connectivity index (χ1n) is 6.05. The average molecular weight is 244 g/mol. The van der Waals surface area contributed by atoms with Gasteiger partial charge in [0.15, 0.2) is 0 Å². The highest BCUT2D eigenvalue weighted by Crippen LogP contribution is 2.30. The number of nitrogens with one attached hydrogen (secondary N) is 1. The molecule has 0 aliphatic heterocycles. The van der Waals surface area contributed by atoms with Crippen molar-refractivity contribution in [1.82, 2.24) is 10.3 Å². The molecule has 2 aromatic rings. The Morgan fingerprint density at radius 2 is 2.29 bits per heavy atom. The summed E-state index contributed by atoms with van der Waals surface area (Å²) in [6, 6.07) is 9.26. The van der Waals surface area contributed by atoms with E-state index in [-0.39, 0.29) is 0 Å². The van der Waals surface area contributed by atoms with Gasteiger partial charge in [-0.15, -0.1) is 11.3 Å². The average Bonchev–Trinajstić information content (AvgIpc) is 2.93. The number of hydrogen-bond donors (Lipinski definition) is 1. The van der Waals surface area contributed by atoms with Gasteiger partial charge in [-0.3, -0.25) is 0 Å². The zero-order chi connectivity index (χ0) is 11.7. The Kier molecular flexibility index (Phi) is 2.95. The van der Waals surface area contributed by atoms with E-state index in [9.17, 15) is 0 Å². The van der Waals surface area contributed by atoms with Crippen molar-refractivity contribution in [3.05, 3.63) is 51.5 Å². The number of aromatic nitrogens is 1. The third-order valence-electron chi connectivity index (χ3n) is 3.30. The Hall–Kier alpha value is -1.19. The quantitative estimate of drug-likeness (QED) is 0.896. The number of benzene rings is 1. The molecule has 3 heteroatoms. The SMILES string of the molecule is Cc1cnc(CNC2CCc3ccccc32)s1. The third kappa shape index (κ3) is 2.26. The summed E-state index contributed by atoms with van der Waals surface area (Å²) in [6.45, 7) is 2.99. The molecule has 2 nitrogen and oxygen atoms in total. The second-order valence-corrected chi connectivity index (χ2v) is 5.85. The van der Waals surface area contributed by atoms with E-state index in [4.69, 9.17) is 0 Å². The van der Waals surface area contributed by atoms with Crippen molar-refractivity contribution < 1.29 is 0 Å². The van der Waals surface area contributed by atoms with Crippen LogP contribution in [-0.4, -0.2) is 4.98 Å². The number of rotatable bonds is 3. The first kappa shape index (κ1) is 10.9. The molecular weight excluding hydrogens is 228 g/mol. The molecule has 1 unspecified atom stereocenters. The van der Waals surface area contributed by atoms with Gasteiger partial charge in [-0.05, 0) is 30.9 Å². The molecule has 3 rings (SSSR count). The number of nitrogens with zero attached hydrogens (tertiary/aromatic N) is 1. The van der Waals surface area contributed by atoms with E-state index >= 15 is 0 Å². The first-order valence-corrected chi connectivity index (χ1v) is 6.87. The van der Waals surface area contributed by atoms with Crippen LogP contribution < -0.4 is 5.32 Å². The zero-order valence-corrected chi connectivity index (χ0v) is 10.8. The van der Waals surface area contributed by atoms with E-state index in [2.05, 4.69) is 41.5 Å². The van der Waals surface area contributed by atoms with Gasteiger partial charge < -0.3 is 5.32 Å². The van der Waals surface area contributed by atoms with Crippen LogP contribution in [-0.2, 0) is 13.0 Å². The molecular formula is C14H16N2S. The largest absolute Gasteiger partial charge is 0.304 e. The lowest BCUT2D eigenvalue weighted by molar-refractivity contribution is 0.529. The van der Waals surface area contributed by atoms with Crippen molar-refractivity contribution >= 4 is 11.3 Å². The van der Waals surface area contributed by atoms with E-state index in [0.717, 1.165) is 6.54 Å². The van der Waals surface area contributed by atoms with Crippen LogP contribution in [0.4, 0.5) is 0 Å². The highest BCUT2D eigenvalue weighted by Gasteiger charge is 2.21. The van der Waals surface area contributed by atoms with Gasteiger partial charge in [-0.25, -0.2) is 4.98 Å². The van der Waals surface area contributed by atoms with Gasteiger partial charge in [-0.2, -0.15) is 0 Å². The fourth-order valence-corrected chi connectivity index (χ4v) is 3.20. The van der Waals surface area contributed by atoms with Crippen molar-refractivity contribution in [1.29, 1.82) is 0 Å². The van der Waals surface area contributed by atoms with Crippen LogP contribution in [0.2, 0.25) is 0 Å². The second kappa shape index (κ2) is 4.59. The minimum atomic E-state index is 0.510. The fraction of sp³-hybridized carbons (Fsp3) is 0.357. The predicted octanol–water partition coefficient (Wildman–Crippen LogP) is 3.23. The molecule has 0 spiro atoms. The summed E-state index contributed by atoms with van der Waals surface area (Å²) in [6.07, 6.45) is 4.36. The summed E-state index contributed by atoms with van der Waals surface area (Å²) in [4.78, 5) is 5.67. The van der Waals surface area contributed by atoms with E-state index in [1.807, 2.05) is 6.20 Å². The standard InChI is InChI=1S/C14H16N2S/c1-10-8-16-14(17-10)9-15-13-7-6-11-4-2-3-5-12(11)13/h2-5,8,13,15H,6-7,9H2,1H3. The Labute approximate surface area is 106 Å². The summed E-state index contributed by atoms with van der Waals surface area (Å²) in [5.41, 5.74) is 2.97. The summed E-state index contributed by atoms with van der Waals surface area (Å²) >= 11 is 1.78. The second-order valence-electron chi connectivity index (χ2n) is 4.54. The van der Waals surface area contributed by atoms with Crippen molar-refractivity contribution in [3.8, 4) is 0 Å². The number of fused-ring (bicyclic) bond motifs is 1. The van der Waals surface area contributed by atoms with E-state index in [1.54, 1.807) is 11.3 Å². The minimum absolute atomic E-state index is 0.510. The van der Waals surface area contributed by atoms with Crippen molar-refractivity contribution in [2.45, 2.75) is 32.4 Å². The molecule has 1 aliphatic carbocycles. The molecule has 0 radical (unpaired) electrons. The summed E-state index contributed by atoms with van der Waals surface area (Å²) < 4.78 is 0. The molecule has 1 aromatic heterocycles. The predicted molar refractivity (Wildman–Crippen MR) is 71.2 cm³/mol. The molecule has 0 bridgehead atoms. The number of aryl methyl sites for hydroxylation is 2. The highest BCUT2D eigenvalue weighted by molar-refractivity contribution is 7.11. The van der Waals surface area contributed by atoms with Gasteiger partial charge in [0.25, 0.3) is 0 Å². The van der Waals surface area contributed by atoms with Crippen molar-refractivity contribution in [3.63, 3.8) is 0 Å². The van der Waals surface area contributed by atoms with Gasteiger partial charge in [-0.1, -0.05) is 24.3 Å². The normalized spacial score (nSPS) is 18.3. The molecule has 88 valence electrons. The molecule has 0 fully saturated rings. The minimum Gasteiger partial charge on any atom is -0.304 e. The smallest absolute Gasteiger partial charge is 0.107 e. The van der Waals surface area contributed by atoms with E-state index in [1.165, 1.54) is 33.9 Å². The van der Waals surface area contributed by atoms with Crippen LogP contribution in [0.25, 0.3) is 0 Å².